The minimum absolute atomic E-state index is 0.00370. The molecular weight excluding hydrogens is 218 g/mol. The first-order valence-electron chi connectivity index (χ1n) is 5.75. The van der Waals surface area contributed by atoms with Gasteiger partial charge in [-0.2, -0.15) is 0 Å². The summed E-state index contributed by atoms with van der Waals surface area (Å²) in [7, 11) is 5.04. The fourth-order valence-corrected chi connectivity index (χ4v) is 1.87. The van der Waals surface area contributed by atoms with Gasteiger partial charge in [-0.15, -0.1) is 0 Å². The maximum absolute atomic E-state index is 10.3. The lowest BCUT2D eigenvalue weighted by Gasteiger charge is -2.23. The van der Waals surface area contributed by atoms with Crippen LogP contribution in [0.25, 0.3) is 0 Å². The molecule has 0 aliphatic heterocycles. The quantitative estimate of drug-likeness (QED) is 0.794. The summed E-state index contributed by atoms with van der Waals surface area (Å²) in [5.41, 5.74) is 0.744. The first-order chi connectivity index (χ1) is 8.17. The maximum atomic E-state index is 10.3. The predicted molar refractivity (Wildman–Crippen MR) is 67.6 cm³/mol. The Bertz CT molecular complexity index is 351. The zero-order chi connectivity index (χ0) is 12.8. The number of ether oxygens (including phenoxy) is 2. The third kappa shape index (κ3) is 3.11. The number of likely N-dealkylation sites (N-methyl/N-ethyl adjacent to an activating group) is 1. The highest BCUT2D eigenvalue weighted by atomic mass is 16.5. The number of rotatable bonds is 6. The molecule has 96 valence electrons. The molecule has 0 amide bonds. The van der Waals surface area contributed by atoms with Crippen molar-refractivity contribution in [2.24, 2.45) is 0 Å². The van der Waals surface area contributed by atoms with Crippen LogP contribution in [0.2, 0.25) is 0 Å². The minimum atomic E-state index is -0.616. The van der Waals surface area contributed by atoms with E-state index in [0.29, 0.717) is 11.5 Å². The van der Waals surface area contributed by atoms with E-state index in [9.17, 15) is 5.11 Å². The van der Waals surface area contributed by atoms with Gasteiger partial charge in [0.25, 0.3) is 0 Å². The Balaban J connectivity index is 3.08. The van der Waals surface area contributed by atoms with Crippen LogP contribution in [0, 0.1) is 0 Å². The Hall–Kier alpha value is -1.26. The summed E-state index contributed by atoms with van der Waals surface area (Å²) in [6, 6.07) is 5.43. The number of benzene rings is 1. The van der Waals surface area contributed by atoms with Gasteiger partial charge in [0.05, 0.1) is 20.3 Å². The molecule has 0 aliphatic carbocycles. The van der Waals surface area contributed by atoms with Crippen molar-refractivity contribution in [1.82, 2.24) is 5.32 Å². The van der Waals surface area contributed by atoms with Crippen LogP contribution in [0.5, 0.6) is 11.5 Å². The van der Waals surface area contributed by atoms with Gasteiger partial charge in [0.2, 0.25) is 0 Å². The molecule has 0 fully saturated rings. The third-order valence-corrected chi connectivity index (χ3v) is 2.95. The zero-order valence-electron chi connectivity index (χ0n) is 10.9. The molecule has 0 aromatic heterocycles. The predicted octanol–water partition coefficient (Wildman–Crippen LogP) is 1.74. The molecule has 1 aromatic rings. The first-order valence-corrected chi connectivity index (χ1v) is 5.75. The smallest absolute Gasteiger partial charge is 0.124 e. The summed E-state index contributed by atoms with van der Waals surface area (Å²) in [6.07, 6.45) is 0.216. The highest BCUT2D eigenvalue weighted by Gasteiger charge is 2.21. The van der Waals surface area contributed by atoms with Crippen molar-refractivity contribution < 1.29 is 14.6 Å². The van der Waals surface area contributed by atoms with Gasteiger partial charge in [-0.05, 0) is 31.7 Å². The molecule has 0 spiro atoms. The van der Waals surface area contributed by atoms with Crippen molar-refractivity contribution in [3.05, 3.63) is 23.8 Å². The number of hydrogen-bond donors (Lipinski definition) is 2. The van der Waals surface area contributed by atoms with Crippen LogP contribution in [0.1, 0.15) is 25.0 Å². The van der Waals surface area contributed by atoms with Crippen LogP contribution in [0.4, 0.5) is 0 Å². The molecule has 0 saturated heterocycles. The first kappa shape index (κ1) is 13.8. The second-order valence-corrected chi connectivity index (χ2v) is 3.86. The lowest BCUT2D eigenvalue weighted by atomic mass is 9.99. The fraction of sp³-hybridized carbons (Fsp3) is 0.538. The molecule has 0 radical (unpaired) electrons. The lowest BCUT2D eigenvalue weighted by Crippen LogP contribution is -2.31. The van der Waals surface area contributed by atoms with E-state index in [1.54, 1.807) is 20.3 Å². The summed E-state index contributed by atoms with van der Waals surface area (Å²) in [5, 5.41) is 13.4. The van der Waals surface area contributed by atoms with Gasteiger partial charge in [0.15, 0.2) is 0 Å². The Morgan fingerprint density at radius 3 is 2.47 bits per heavy atom. The average Bonchev–Trinajstić information content (AvgIpc) is 2.39. The van der Waals surface area contributed by atoms with Crippen LogP contribution in [-0.2, 0) is 0 Å². The highest BCUT2D eigenvalue weighted by Crippen LogP contribution is 2.31. The van der Waals surface area contributed by atoms with Gasteiger partial charge in [-0.3, -0.25) is 0 Å². The van der Waals surface area contributed by atoms with Crippen molar-refractivity contribution >= 4 is 0 Å². The molecule has 0 aliphatic rings. The number of methoxy groups -OCH3 is 2. The van der Waals surface area contributed by atoms with Crippen molar-refractivity contribution in [2.45, 2.75) is 25.5 Å². The van der Waals surface area contributed by atoms with Crippen LogP contribution in [0.3, 0.4) is 0 Å². The second-order valence-electron chi connectivity index (χ2n) is 3.86. The molecule has 2 atom stereocenters. The van der Waals surface area contributed by atoms with Gasteiger partial charge >= 0.3 is 0 Å². The van der Waals surface area contributed by atoms with Crippen molar-refractivity contribution in [3.8, 4) is 11.5 Å². The fourth-order valence-electron chi connectivity index (χ4n) is 1.87. The van der Waals surface area contributed by atoms with Crippen molar-refractivity contribution in [1.29, 1.82) is 0 Å². The van der Waals surface area contributed by atoms with Crippen LogP contribution in [-0.4, -0.2) is 32.4 Å². The van der Waals surface area contributed by atoms with E-state index in [-0.39, 0.29) is 6.04 Å². The lowest BCUT2D eigenvalue weighted by molar-refractivity contribution is 0.126. The minimum Gasteiger partial charge on any atom is -0.497 e. The van der Waals surface area contributed by atoms with E-state index in [0.717, 1.165) is 12.0 Å². The number of aliphatic hydroxyl groups excluding tert-OH is 1. The van der Waals surface area contributed by atoms with E-state index in [1.807, 2.05) is 26.1 Å². The standard InChI is InChI=1S/C13H21NO3/c1-5-11(14-2)13(15)10-8-9(16-3)6-7-12(10)17-4/h6-8,11,13-15H,5H2,1-4H3. The van der Waals surface area contributed by atoms with E-state index in [1.165, 1.54) is 0 Å². The molecule has 0 heterocycles. The molecule has 2 unspecified atom stereocenters. The van der Waals surface area contributed by atoms with Crippen LogP contribution in [0.15, 0.2) is 18.2 Å². The van der Waals surface area contributed by atoms with E-state index >= 15 is 0 Å². The summed E-state index contributed by atoms with van der Waals surface area (Å²) >= 11 is 0. The molecule has 0 bridgehead atoms. The largest absolute Gasteiger partial charge is 0.497 e. The van der Waals surface area contributed by atoms with Gasteiger partial charge in [0, 0.05) is 11.6 Å². The molecule has 0 saturated carbocycles. The molecule has 2 N–H and O–H groups in total. The summed E-state index contributed by atoms with van der Waals surface area (Å²) in [5.74, 6) is 1.39. The van der Waals surface area contributed by atoms with Crippen molar-refractivity contribution in [3.63, 3.8) is 0 Å². The van der Waals surface area contributed by atoms with E-state index in [4.69, 9.17) is 9.47 Å². The molecule has 1 aromatic carbocycles. The summed E-state index contributed by atoms with van der Waals surface area (Å²) < 4.78 is 10.4. The SMILES string of the molecule is CCC(NC)C(O)c1cc(OC)ccc1OC. The normalized spacial score (nSPS) is 14.2. The Kier molecular flexibility index (Phi) is 5.25. The third-order valence-electron chi connectivity index (χ3n) is 2.95. The van der Waals surface area contributed by atoms with Gasteiger partial charge < -0.3 is 19.9 Å². The molecule has 1 rings (SSSR count). The number of hydrogen-bond acceptors (Lipinski definition) is 4. The molecule has 17 heavy (non-hydrogen) atoms. The second kappa shape index (κ2) is 6.47. The Morgan fingerprint density at radius 2 is 2.00 bits per heavy atom. The monoisotopic (exact) mass is 239 g/mol. The highest BCUT2D eigenvalue weighted by molar-refractivity contribution is 5.42. The summed E-state index contributed by atoms with van der Waals surface area (Å²) in [6.45, 7) is 2.02. The molecule has 4 heteroatoms. The van der Waals surface area contributed by atoms with Gasteiger partial charge in [0.1, 0.15) is 11.5 Å². The molecular formula is C13H21NO3. The van der Waals surface area contributed by atoms with E-state index in [2.05, 4.69) is 5.32 Å². The number of aliphatic hydroxyl groups is 1. The number of nitrogens with one attached hydrogen (secondary N) is 1. The van der Waals surface area contributed by atoms with Crippen molar-refractivity contribution in [2.75, 3.05) is 21.3 Å². The maximum Gasteiger partial charge on any atom is 0.124 e. The van der Waals surface area contributed by atoms with Gasteiger partial charge in [-0.1, -0.05) is 6.92 Å². The molecule has 4 nitrogen and oxygen atoms in total. The van der Waals surface area contributed by atoms with Crippen LogP contribution < -0.4 is 14.8 Å². The zero-order valence-corrected chi connectivity index (χ0v) is 10.9. The topological polar surface area (TPSA) is 50.7 Å². The van der Waals surface area contributed by atoms with Gasteiger partial charge in [-0.25, -0.2) is 0 Å². The Morgan fingerprint density at radius 1 is 1.29 bits per heavy atom. The Labute approximate surface area is 103 Å². The van der Waals surface area contributed by atoms with E-state index < -0.39 is 6.10 Å². The van der Waals surface area contributed by atoms with Crippen LogP contribution >= 0.6 is 0 Å². The average molecular weight is 239 g/mol. The summed E-state index contributed by atoms with van der Waals surface area (Å²) in [4.78, 5) is 0.